The van der Waals surface area contributed by atoms with Crippen LogP contribution >= 0.6 is 11.3 Å². The summed E-state index contributed by atoms with van der Waals surface area (Å²) in [7, 11) is 0. The monoisotopic (exact) mass is 333 g/mol. The maximum Gasteiger partial charge on any atom is 0.299 e. The van der Waals surface area contributed by atoms with E-state index in [0.717, 1.165) is 23.5 Å². The number of nitrogens with one attached hydrogen (secondary N) is 1. The van der Waals surface area contributed by atoms with Gasteiger partial charge in [-0.15, -0.1) is 0 Å². The fraction of sp³-hybridized carbons (Fsp3) is 0.467. The highest BCUT2D eigenvalue weighted by Crippen LogP contribution is 2.18. The molecule has 0 aliphatic heterocycles. The van der Waals surface area contributed by atoms with Crippen molar-refractivity contribution in [2.75, 3.05) is 6.54 Å². The third-order valence-corrected chi connectivity index (χ3v) is 4.53. The van der Waals surface area contributed by atoms with E-state index in [1.165, 1.54) is 15.9 Å². The molecular weight excluding hydrogens is 314 g/mol. The van der Waals surface area contributed by atoms with E-state index in [1.807, 2.05) is 19.9 Å². The lowest BCUT2D eigenvalue weighted by Gasteiger charge is -2.08. The Hall–Kier alpha value is -2.22. The summed E-state index contributed by atoms with van der Waals surface area (Å²) >= 11 is 1.38. The predicted octanol–water partition coefficient (Wildman–Crippen LogP) is 1.64. The second kappa shape index (κ2) is 6.11. The largest absolute Gasteiger partial charge is 0.355 e. The van der Waals surface area contributed by atoms with Crippen molar-refractivity contribution in [2.24, 2.45) is 0 Å². The molecule has 1 amide bonds. The van der Waals surface area contributed by atoms with Crippen molar-refractivity contribution in [3.8, 4) is 0 Å². The molecule has 0 saturated carbocycles. The van der Waals surface area contributed by atoms with E-state index in [4.69, 9.17) is 0 Å². The number of aromatic nitrogens is 4. The Morgan fingerprint density at radius 1 is 1.39 bits per heavy atom. The van der Waals surface area contributed by atoms with Crippen LogP contribution in [-0.2, 0) is 11.3 Å². The Kier molecular flexibility index (Phi) is 4.16. The lowest BCUT2D eigenvalue weighted by molar-refractivity contribution is -0.121. The fourth-order valence-electron chi connectivity index (χ4n) is 2.56. The Labute approximate surface area is 137 Å². The molecule has 0 saturated heterocycles. The van der Waals surface area contributed by atoms with Crippen LogP contribution in [0.25, 0.3) is 16.0 Å². The molecule has 0 radical (unpaired) electrons. The van der Waals surface area contributed by atoms with Gasteiger partial charge in [0.1, 0.15) is 17.1 Å². The van der Waals surface area contributed by atoms with Gasteiger partial charge in [-0.3, -0.25) is 9.59 Å². The number of amides is 1. The summed E-state index contributed by atoms with van der Waals surface area (Å²) in [5.74, 6) is -0.0991. The molecular formula is C15H19N5O2S. The molecule has 122 valence electrons. The minimum atomic E-state index is -0.233. The summed E-state index contributed by atoms with van der Waals surface area (Å²) in [6, 6.07) is 1.84. The van der Waals surface area contributed by atoms with Crippen LogP contribution in [0.3, 0.4) is 0 Å². The van der Waals surface area contributed by atoms with Crippen molar-refractivity contribution in [3.05, 3.63) is 27.1 Å². The number of rotatable bonds is 5. The first-order valence-electron chi connectivity index (χ1n) is 7.64. The van der Waals surface area contributed by atoms with Gasteiger partial charge in [0.25, 0.3) is 5.56 Å². The lowest BCUT2D eigenvalue weighted by Crippen LogP contribution is -2.30. The third kappa shape index (κ3) is 2.86. The highest BCUT2D eigenvalue weighted by molar-refractivity contribution is 7.16. The van der Waals surface area contributed by atoms with Crippen LogP contribution in [0.4, 0.5) is 0 Å². The Morgan fingerprint density at radius 3 is 2.91 bits per heavy atom. The molecule has 7 nitrogen and oxygen atoms in total. The first-order valence-corrected chi connectivity index (χ1v) is 8.46. The molecule has 3 aromatic rings. The Bertz CT molecular complexity index is 937. The molecule has 0 aliphatic rings. The van der Waals surface area contributed by atoms with Crippen LogP contribution in [0, 0.1) is 13.8 Å². The van der Waals surface area contributed by atoms with Crippen molar-refractivity contribution < 1.29 is 4.79 Å². The molecule has 0 fully saturated rings. The molecule has 0 bridgehead atoms. The van der Waals surface area contributed by atoms with Gasteiger partial charge in [0.2, 0.25) is 10.9 Å². The number of nitrogens with zero attached hydrogens (tertiary/aromatic N) is 4. The Balaban J connectivity index is 2.03. The van der Waals surface area contributed by atoms with E-state index < -0.39 is 0 Å². The minimum Gasteiger partial charge on any atom is -0.355 e. The van der Waals surface area contributed by atoms with E-state index in [2.05, 4.69) is 22.3 Å². The van der Waals surface area contributed by atoms with Crippen molar-refractivity contribution in [3.63, 3.8) is 0 Å². The summed E-state index contributed by atoms with van der Waals surface area (Å²) in [4.78, 5) is 29.8. The van der Waals surface area contributed by atoms with Crippen LogP contribution in [0.5, 0.6) is 0 Å². The molecule has 1 N–H and O–H groups in total. The van der Waals surface area contributed by atoms with E-state index in [9.17, 15) is 9.59 Å². The number of carbonyl (C=O) groups excluding carboxylic acids is 1. The number of aryl methyl sites for hydroxylation is 2. The van der Waals surface area contributed by atoms with Crippen molar-refractivity contribution in [1.29, 1.82) is 0 Å². The third-order valence-electron chi connectivity index (χ3n) is 3.71. The lowest BCUT2D eigenvalue weighted by atomic mass is 10.3. The highest BCUT2D eigenvalue weighted by atomic mass is 32.1. The second-order valence-electron chi connectivity index (χ2n) is 5.54. The van der Waals surface area contributed by atoms with Gasteiger partial charge >= 0.3 is 0 Å². The topological polar surface area (TPSA) is 81.3 Å². The zero-order valence-electron chi connectivity index (χ0n) is 13.4. The van der Waals surface area contributed by atoms with Crippen LogP contribution in [0.2, 0.25) is 0 Å². The first-order chi connectivity index (χ1) is 11.0. The van der Waals surface area contributed by atoms with E-state index >= 15 is 0 Å². The molecule has 8 heteroatoms. The summed E-state index contributed by atoms with van der Waals surface area (Å²) in [6.07, 6.45) is 1.97. The minimum absolute atomic E-state index is 0.0991. The highest BCUT2D eigenvalue weighted by Gasteiger charge is 2.17. The zero-order valence-corrected chi connectivity index (χ0v) is 14.2. The van der Waals surface area contributed by atoms with Crippen molar-refractivity contribution >= 4 is 33.2 Å². The average Bonchev–Trinajstić information content (AvgIpc) is 3.00. The van der Waals surface area contributed by atoms with Crippen LogP contribution in [0.1, 0.15) is 30.5 Å². The van der Waals surface area contributed by atoms with Gasteiger partial charge in [-0.2, -0.15) is 9.61 Å². The molecule has 0 unspecified atom stereocenters. The molecule has 0 aromatic carbocycles. The number of hydrogen-bond donors (Lipinski definition) is 1. The summed E-state index contributed by atoms with van der Waals surface area (Å²) in [6.45, 7) is 6.55. The summed E-state index contributed by atoms with van der Waals surface area (Å²) in [5.41, 5.74) is 1.64. The van der Waals surface area contributed by atoms with Crippen LogP contribution < -0.4 is 10.9 Å². The molecule has 3 heterocycles. The van der Waals surface area contributed by atoms with Gasteiger partial charge in [-0.05, 0) is 26.3 Å². The fourth-order valence-corrected chi connectivity index (χ4v) is 3.30. The standard InChI is InChI=1S/C15H19N5O2S/c1-4-5-6-16-12(21)8-19-9(2)7-11-13(19)14(22)20-15(17-11)23-10(3)18-20/h7H,4-6,8H2,1-3H3,(H,16,21). The molecule has 0 aliphatic carbocycles. The van der Waals surface area contributed by atoms with Crippen molar-refractivity contribution in [1.82, 2.24) is 24.5 Å². The van der Waals surface area contributed by atoms with Crippen LogP contribution in [0.15, 0.2) is 10.9 Å². The van der Waals surface area contributed by atoms with Gasteiger partial charge in [0.15, 0.2) is 0 Å². The molecule has 0 atom stereocenters. The number of unbranched alkanes of at least 4 members (excludes halogenated alkanes) is 1. The number of carbonyl (C=O) groups is 1. The van der Waals surface area contributed by atoms with E-state index in [-0.39, 0.29) is 18.0 Å². The number of fused-ring (bicyclic) bond motifs is 2. The zero-order chi connectivity index (χ0) is 16.6. The average molecular weight is 333 g/mol. The van der Waals surface area contributed by atoms with Gasteiger partial charge in [-0.25, -0.2) is 4.98 Å². The van der Waals surface area contributed by atoms with Gasteiger partial charge in [-0.1, -0.05) is 24.7 Å². The molecule has 23 heavy (non-hydrogen) atoms. The Morgan fingerprint density at radius 2 is 2.17 bits per heavy atom. The van der Waals surface area contributed by atoms with Gasteiger partial charge < -0.3 is 9.88 Å². The maximum atomic E-state index is 12.7. The molecule has 3 rings (SSSR count). The predicted molar refractivity (Wildman–Crippen MR) is 90.0 cm³/mol. The van der Waals surface area contributed by atoms with Gasteiger partial charge in [0, 0.05) is 12.2 Å². The molecule has 0 spiro atoms. The molecule has 3 aromatic heterocycles. The van der Waals surface area contributed by atoms with E-state index in [1.54, 1.807) is 4.57 Å². The SMILES string of the molecule is CCCCNC(=O)Cn1c(C)cc2nc3sc(C)nn3c(=O)c21. The van der Waals surface area contributed by atoms with E-state index in [0.29, 0.717) is 22.5 Å². The second-order valence-corrected chi connectivity index (χ2v) is 6.70. The first kappa shape index (κ1) is 15.7. The van der Waals surface area contributed by atoms with Crippen LogP contribution in [-0.4, -0.2) is 31.6 Å². The quantitative estimate of drug-likeness (QED) is 0.720. The smallest absolute Gasteiger partial charge is 0.299 e. The summed E-state index contributed by atoms with van der Waals surface area (Å²) in [5, 5.41) is 7.85. The number of hydrogen-bond acceptors (Lipinski definition) is 5. The summed E-state index contributed by atoms with van der Waals surface area (Å²) < 4.78 is 3.03. The maximum absolute atomic E-state index is 12.7. The normalized spacial score (nSPS) is 11.4. The van der Waals surface area contributed by atoms with Gasteiger partial charge in [0.05, 0.1) is 5.52 Å². The van der Waals surface area contributed by atoms with Crippen molar-refractivity contribution in [2.45, 2.75) is 40.2 Å².